The van der Waals surface area contributed by atoms with E-state index in [1.165, 1.54) is 25.3 Å². The van der Waals surface area contributed by atoms with E-state index in [2.05, 4.69) is 11.8 Å². The lowest BCUT2D eigenvalue weighted by Gasteiger charge is -2.31. The first-order chi connectivity index (χ1) is 5.38. The van der Waals surface area contributed by atoms with E-state index in [0.717, 1.165) is 19.5 Å². The maximum absolute atomic E-state index is 9.00. The summed E-state index contributed by atoms with van der Waals surface area (Å²) < 4.78 is 0. The van der Waals surface area contributed by atoms with Crippen molar-refractivity contribution in [2.75, 3.05) is 19.7 Å². The van der Waals surface area contributed by atoms with Crippen LogP contribution in [0.3, 0.4) is 0 Å². The average molecular weight is 156 g/mol. The second-order valence-electron chi connectivity index (χ2n) is 3.13. The zero-order valence-electron chi connectivity index (χ0n) is 7.34. The van der Waals surface area contributed by atoms with Gasteiger partial charge in [-0.3, -0.25) is 4.90 Å². The average Bonchev–Trinajstić information content (AvgIpc) is 2.09. The molecule has 0 aromatic heterocycles. The predicted molar refractivity (Wildman–Crippen MR) is 46.0 cm³/mol. The summed E-state index contributed by atoms with van der Waals surface area (Å²) in [5.74, 6) is 0. The smallest absolute Gasteiger partial charge is 0.0645 e. The highest BCUT2D eigenvalue weighted by Crippen LogP contribution is 2.18. The zero-order chi connectivity index (χ0) is 8.10. The standard InChI is InChI=1S/C9H18NO/c1-2-9(8-11)10-6-4-3-5-7-10/h11H,2-8H2,1H3. The Kier molecular flexibility index (Phi) is 3.87. The molecule has 1 rings (SSSR count). The van der Waals surface area contributed by atoms with Gasteiger partial charge >= 0.3 is 0 Å². The Morgan fingerprint density at radius 1 is 1.27 bits per heavy atom. The van der Waals surface area contributed by atoms with E-state index in [4.69, 9.17) is 5.11 Å². The van der Waals surface area contributed by atoms with Gasteiger partial charge in [0.25, 0.3) is 0 Å². The van der Waals surface area contributed by atoms with Gasteiger partial charge in [-0.1, -0.05) is 13.3 Å². The van der Waals surface area contributed by atoms with E-state index >= 15 is 0 Å². The van der Waals surface area contributed by atoms with Crippen LogP contribution in [-0.2, 0) is 0 Å². The van der Waals surface area contributed by atoms with Gasteiger partial charge in [0.2, 0.25) is 0 Å². The lowest BCUT2D eigenvalue weighted by atomic mass is 10.1. The minimum absolute atomic E-state index is 0.247. The van der Waals surface area contributed by atoms with Crippen LogP contribution in [0.4, 0.5) is 0 Å². The van der Waals surface area contributed by atoms with Crippen LogP contribution in [0.25, 0.3) is 0 Å². The number of rotatable bonds is 3. The molecular weight excluding hydrogens is 138 g/mol. The molecule has 2 nitrogen and oxygen atoms in total. The molecule has 1 saturated heterocycles. The Morgan fingerprint density at radius 3 is 2.36 bits per heavy atom. The third-order valence-electron chi connectivity index (χ3n) is 2.39. The zero-order valence-corrected chi connectivity index (χ0v) is 7.34. The second kappa shape index (κ2) is 4.73. The molecule has 11 heavy (non-hydrogen) atoms. The topological polar surface area (TPSA) is 23.5 Å². The van der Waals surface area contributed by atoms with Crippen molar-refractivity contribution < 1.29 is 5.11 Å². The number of hydrogen-bond donors (Lipinski definition) is 1. The molecule has 0 bridgehead atoms. The van der Waals surface area contributed by atoms with Gasteiger partial charge in [0.05, 0.1) is 12.6 Å². The fourth-order valence-corrected chi connectivity index (χ4v) is 1.65. The highest BCUT2D eigenvalue weighted by Gasteiger charge is 2.18. The van der Waals surface area contributed by atoms with E-state index in [1.807, 2.05) is 0 Å². The lowest BCUT2D eigenvalue weighted by molar-refractivity contribution is 0.169. The Bertz CT molecular complexity index is 95.7. The van der Waals surface area contributed by atoms with Crippen LogP contribution >= 0.6 is 0 Å². The van der Waals surface area contributed by atoms with Crippen molar-refractivity contribution >= 4 is 0 Å². The number of aliphatic hydroxyl groups excluding tert-OH is 1. The summed E-state index contributed by atoms with van der Waals surface area (Å²) in [6.45, 7) is 4.67. The molecule has 65 valence electrons. The van der Waals surface area contributed by atoms with Crippen LogP contribution in [-0.4, -0.2) is 29.7 Å². The Balaban J connectivity index is 2.30. The maximum Gasteiger partial charge on any atom is 0.0645 e. The van der Waals surface area contributed by atoms with Crippen molar-refractivity contribution in [3.05, 3.63) is 6.04 Å². The molecule has 2 heteroatoms. The van der Waals surface area contributed by atoms with Crippen LogP contribution in [0.15, 0.2) is 0 Å². The van der Waals surface area contributed by atoms with Crippen LogP contribution < -0.4 is 0 Å². The summed E-state index contributed by atoms with van der Waals surface area (Å²) in [5.41, 5.74) is 0. The summed E-state index contributed by atoms with van der Waals surface area (Å²) >= 11 is 0. The second-order valence-corrected chi connectivity index (χ2v) is 3.13. The molecule has 0 atom stereocenters. The fourth-order valence-electron chi connectivity index (χ4n) is 1.65. The van der Waals surface area contributed by atoms with Crippen LogP contribution in [0.1, 0.15) is 32.6 Å². The SMILES string of the molecule is CC[C](CO)N1CCCCC1. The maximum atomic E-state index is 9.00. The first kappa shape index (κ1) is 9.01. The first-order valence-corrected chi connectivity index (χ1v) is 4.59. The van der Waals surface area contributed by atoms with Crippen molar-refractivity contribution in [2.24, 2.45) is 0 Å². The van der Waals surface area contributed by atoms with Gasteiger partial charge in [-0.2, -0.15) is 0 Å². The summed E-state index contributed by atoms with van der Waals surface area (Å²) in [7, 11) is 0. The minimum atomic E-state index is 0.247. The number of aliphatic hydroxyl groups is 1. The monoisotopic (exact) mass is 156 g/mol. The van der Waals surface area contributed by atoms with Crippen LogP contribution in [0.5, 0.6) is 0 Å². The third-order valence-corrected chi connectivity index (χ3v) is 2.39. The highest BCUT2D eigenvalue weighted by molar-refractivity contribution is 4.88. The van der Waals surface area contributed by atoms with Crippen LogP contribution in [0.2, 0.25) is 0 Å². The number of piperidine rings is 1. The van der Waals surface area contributed by atoms with Gasteiger partial charge in [-0.15, -0.1) is 0 Å². The largest absolute Gasteiger partial charge is 0.394 e. The molecule has 0 amide bonds. The minimum Gasteiger partial charge on any atom is -0.394 e. The van der Waals surface area contributed by atoms with Gasteiger partial charge in [-0.25, -0.2) is 0 Å². The highest BCUT2D eigenvalue weighted by atomic mass is 16.3. The van der Waals surface area contributed by atoms with Gasteiger partial charge in [-0.05, 0) is 32.4 Å². The molecule has 1 aliphatic rings. The molecule has 0 spiro atoms. The van der Waals surface area contributed by atoms with Gasteiger partial charge in [0.15, 0.2) is 0 Å². The molecule has 0 aromatic rings. The van der Waals surface area contributed by atoms with Gasteiger partial charge in [0, 0.05) is 0 Å². The molecule has 0 saturated carbocycles. The van der Waals surface area contributed by atoms with E-state index in [-0.39, 0.29) is 6.61 Å². The molecule has 1 heterocycles. The van der Waals surface area contributed by atoms with Crippen molar-refractivity contribution in [3.8, 4) is 0 Å². The van der Waals surface area contributed by atoms with Crippen molar-refractivity contribution in [3.63, 3.8) is 0 Å². The quantitative estimate of drug-likeness (QED) is 0.667. The third kappa shape index (κ3) is 2.46. The van der Waals surface area contributed by atoms with E-state index in [9.17, 15) is 0 Å². The lowest BCUT2D eigenvalue weighted by Crippen LogP contribution is -2.35. The number of nitrogens with zero attached hydrogens (tertiary/aromatic N) is 1. The molecule has 1 aliphatic heterocycles. The molecular formula is C9H18NO. The molecule has 0 aromatic carbocycles. The van der Waals surface area contributed by atoms with Gasteiger partial charge in [0.1, 0.15) is 0 Å². The molecule has 1 fully saturated rings. The van der Waals surface area contributed by atoms with Crippen molar-refractivity contribution in [2.45, 2.75) is 32.6 Å². The van der Waals surface area contributed by atoms with E-state index < -0.39 is 0 Å². The predicted octanol–water partition coefficient (Wildman–Crippen LogP) is 1.41. The summed E-state index contributed by atoms with van der Waals surface area (Å²) in [5, 5.41) is 9.00. The van der Waals surface area contributed by atoms with Crippen molar-refractivity contribution in [1.29, 1.82) is 0 Å². The Labute approximate surface area is 69.2 Å². The normalized spacial score (nSPS) is 21.0. The molecule has 1 N–H and O–H groups in total. The molecule has 1 radical (unpaired) electrons. The summed E-state index contributed by atoms with van der Waals surface area (Å²) in [6, 6.07) is 1.21. The molecule has 0 aliphatic carbocycles. The number of likely N-dealkylation sites (tertiary alicyclic amines) is 1. The fraction of sp³-hybridized carbons (Fsp3) is 0.889. The van der Waals surface area contributed by atoms with E-state index in [0.29, 0.717) is 0 Å². The Hall–Kier alpha value is -0.0800. The van der Waals surface area contributed by atoms with Crippen LogP contribution in [0, 0.1) is 6.04 Å². The van der Waals surface area contributed by atoms with E-state index in [1.54, 1.807) is 0 Å². The first-order valence-electron chi connectivity index (χ1n) is 4.59. The number of hydrogen-bond acceptors (Lipinski definition) is 2. The van der Waals surface area contributed by atoms with Gasteiger partial charge < -0.3 is 5.11 Å². The Morgan fingerprint density at radius 2 is 1.91 bits per heavy atom. The molecule has 0 unspecified atom stereocenters. The summed E-state index contributed by atoms with van der Waals surface area (Å²) in [6.07, 6.45) is 4.95. The van der Waals surface area contributed by atoms with Crippen molar-refractivity contribution in [1.82, 2.24) is 4.90 Å². The summed E-state index contributed by atoms with van der Waals surface area (Å²) in [4.78, 5) is 2.34.